The Morgan fingerprint density at radius 2 is 1.45 bits per heavy atom. The Balaban J connectivity index is 3.46. The zero-order chi connectivity index (χ0) is 8.59. The lowest BCUT2D eigenvalue weighted by Gasteiger charge is -2.06. The van der Waals surface area contributed by atoms with E-state index in [4.69, 9.17) is 23.2 Å². The van der Waals surface area contributed by atoms with Gasteiger partial charge in [0.2, 0.25) is 0 Å². The minimum Gasteiger partial charge on any atom is -0.0840 e. The molecule has 0 aliphatic carbocycles. The molecule has 11 heavy (non-hydrogen) atoms. The van der Waals surface area contributed by atoms with Crippen LogP contribution in [0, 0.1) is 13.8 Å². The highest BCUT2D eigenvalue weighted by molar-refractivity contribution is 9.10. The van der Waals surface area contributed by atoms with Crippen LogP contribution in [0.25, 0.3) is 0 Å². The van der Waals surface area contributed by atoms with E-state index in [1.807, 2.05) is 13.8 Å². The van der Waals surface area contributed by atoms with E-state index in [-0.39, 0.29) is 0 Å². The van der Waals surface area contributed by atoms with E-state index < -0.39 is 0 Å². The van der Waals surface area contributed by atoms with E-state index in [1.54, 1.807) is 6.07 Å². The summed E-state index contributed by atoms with van der Waals surface area (Å²) in [5.41, 5.74) is 2.07. The van der Waals surface area contributed by atoms with E-state index in [0.29, 0.717) is 10.0 Å². The smallest absolute Gasteiger partial charge is 0.0461 e. The first-order valence-electron chi connectivity index (χ1n) is 3.14. The van der Waals surface area contributed by atoms with Crippen molar-refractivity contribution in [3.8, 4) is 0 Å². The van der Waals surface area contributed by atoms with Crippen molar-refractivity contribution in [1.29, 1.82) is 0 Å². The van der Waals surface area contributed by atoms with Crippen molar-refractivity contribution in [1.82, 2.24) is 0 Å². The highest BCUT2D eigenvalue weighted by Crippen LogP contribution is 2.32. The van der Waals surface area contributed by atoms with Gasteiger partial charge in [-0.15, -0.1) is 0 Å². The molecule has 0 amide bonds. The van der Waals surface area contributed by atoms with Crippen LogP contribution in [0.2, 0.25) is 10.0 Å². The Bertz CT molecular complexity index is 268. The molecule has 0 spiro atoms. The zero-order valence-corrected chi connectivity index (χ0v) is 9.31. The maximum absolute atomic E-state index is 5.88. The van der Waals surface area contributed by atoms with Gasteiger partial charge in [0.15, 0.2) is 0 Å². The molecule has 0 atom stereocenters. The molecule has 0 fully saturated rings. The Labute approximate surface area is 84.6 Å². The van der Waals surface area contributed by atoms with Crippen LogP contribution in [0.1, 0.15) is 11.1 Å². The molecule has 1 aromatic rings. The molecule has 3 heteroatoms. The number of hydrogen-bond donors (Lipinski definition) is 0. The average molecular weight is 254 g/mol. The first-order chi connectivity index (χ1) is 5.04. The van der Waals surface area contributed by atoms with Crippen molar-refractivity contribution in [2.75, 3.05) is 0 Å². The van der Waals surface area contributed by atoms with Crippen LogP contribution in [-0.4, -0.2) is 0 Å². The van der Waals surface area contributed by atoms with Crippen LogP contribution >= 0.6 is 39.1 Å². The van der Waals surface area contributed by atoms with Gasteiger partial charge >= 0.3 is 0 Å². The van der Waals surface area contributed by atoms with Crippen LogP contribution in [-0.2, 0) is 0 Å². The van der Waals surface area contributed by atoms with Crippen LogP contribution < -0.4 is 0 Å². The molecule has 0 aromatic heterocycles. The van der Waals surface area contributed by atoms with Crippen LogP contribution in [0.15, 0.2) is 10.5 Å². The van der Waals surface area contributed by atoms with Gasteiger partial charge < -0.3 is 0 Å². The third-order valence-corrected chi connectivity index (χ3v) is 3.60. The molecule has 0 N–H and O–H groups in total. The third-order valence-electron chi connectivity index (χ3n) is 1.63. The van der Waals surface area contributed by atoms with Crippen molar-refractivity contribution in [2.24, 2.45) is 0 Å². The van der Waals surface area contributed by atoms with Crippen LogP contribution in [0.3, 0.4) is 0 Å². The highest BCUT2D eigenvalue weighted by Gasteiger charge is 2.06. The quantitative estimate of drug-likeness (QED) is 0.644. The predicted molar refractivity (Wildman–Crippen MR) is 53.6 cm³/mol. The number of hydrogen-bond acceptors (Lipinski definition) is 0. The largest absolute Gasteiger partial charge is 0.0840 e. The van der Waals surface area contributed by atoms with Gasteiger partial charge in [0.25, 0.3) is 0 Å². The lowest BCUT2D eigenvalue weighted by molar-refractivity contribution is 1.34. The Kier molecular flexibility index (Phi) is 2.84. The number of benzene rings is 1. The van der Waals surface area contributed by atoms with Gasteiger partial charge in [-0.05, 0) is 31.0 Å². The summed E-state index contributed by atoms with van der Waals surface area (Å²) in [6.45, 7) is 3.91. The zero-order valence-electron chi connectivity index (χ0n) is 6.21. The van der Waals surface area contributed by atoms with E-state index >= 15 is 0 Å². The number of rotatable bonds is 0. The van der Waals surface area contributed by atoms with Gasteiger partial charge in [0.1, 0.15) is 0 Å². The standard InChI is InChI=1S/C8H7BrCl2/c1-4-6(10)3-7(11)5(2)8(4)9/h3H,1-2H3. The lowest BCUT2D eigenvalue weighted by Crippen LogP contribution is -1.84. The van der Waals surface area contributed by atoms with E-state index in [0.717, 1.165) is 15.6 Å². The van der Waals surface area contributed by atoms with Crippen molar-refractivity contribution in [3.05, 3.63) is 31.7 Å². The second-order valence-corrected chi connectivity index (χ2v) is 4.01. The average Bonchev–Trinajstić information content (AvgIpc) is 1.97. The Hall–Kier alpha value is 0.280. The SMILES string of the molecule is Cc1c(Cl)cc(Cl)c(C)c1Br. The molecule has 0 radical (unpaired) electrons. The molecule has 0 heterocycles. The molecule has 1 aromatic carbocycles. The minimum absolute atomic E-state index is 0.701. The van der Waals surface area contributed by atoms with Crippen LogP contribution in [0.5, 0.6) is 0 Å². The first-order valence-corrected chi connectivity index (χ1v) is 4.69. The molecule has 0 aliphatic rings. The molecule has 0 saturated carbocycles. The molecule has 60 valence electrons. The maximum atomic E-state index is 5.88. The fourth-order valence-electron chi connectivity index (χ4n) is 0.819. The fraction of sp³-hybridized carbons (Fsp3) is 0.250. The lowest BCUT2D eigenvalue weighted by atomic mass is 10.2. The summed E-state index contributed by atoms with van der Waals surface area (Å²) in [7, 11) is 0. The molecule has 0 unspecified atom stereocenters. The summed E-state index contributed by atoms with van der Waals surface area (Å²) in [5, 5.41) is 1.40. The van der Waals surface area contributed by atoms with Gasteiger partial charge in [-0.25, -0.2) is 0 Å². The van der Waals surface area contributed by atoms with E-state index in [1.165, 1.54) is 0 Å². The van der Waals surface area contributed by atoms with E-state index in [2.05, 4.69) is 15.9 Å². The summed E-state index contributed by atoms with van der Waals surface area (Å²) in [6, 6.07) is 1.76. The Morgan fingerprint density at radius 1 is 1.09 bits per heavy atom. The molecular formula is C8H7BrCl2. The molecule has 1 rings (SSSR count). The van der Waals surface area contributed by atoms with Crippen molar-refractivity contribution in [2.45, 2.75) is 13.8 Å². The maximum Gasteiger partial charge on any atom is 0.0461 e. The molecule has 0 bridgehead atoms. The van der Waals surface area contributed by atoms with Gasteiger partial charge in [-0.3, -0.25) is 0 Å². The Morgan fingerprint density at radius 3 is 1.82 bits per heavy atom. The first kappa shape index (κ1) is 9.37. The second kappa shape index (κ2) is 3.34. The molecular weight excluding hydrogens is 247 g/mol. The molecule has 0 aliphatic heterocycles. The predicted octanol–water partition coefficient (Wildman–Crippen LogP) is 4.37. The minimum atomic E-state index is 0.701. The monoisotopic (exact) mass is 252 g/mol. The van der Waals surface area contributed by atoms with Crippen molar-refractivity contribution >= 4 is 39.1 Å². The third kappa shape index (κ3) is 1.71. The molecule has 0 saturated heterocycles. The fourth-order valence-corrected chi connectivity index (χ4v) is 1.94. The summed E-state index contributed by atoms with van der Waals surface area (Å²) in [4.78, 5) is 0. The topological polar surface area (TPSA) is 0 Å². The van der Waals surface area contributed by atoms with Gasteiger partial charge in [-0.2, -0.15) is 0 Å². The second-order valence-electron chi connectivity index (χ2n) is 2.40. The van der Waals surface area contributed by atoms with Crippen molar-refractivity contribution < 1.29 is 0 Å². The van der Waals surface area contributed by atoms with Crippen LogP contribution in [0.4, 0.5) is 0 Å². The summed E-state index contributed by atoms with van der Waals surface area (Å²) in [5.74, 6) is 0. The highest BCUT2D eigenvalue weighted by atomic mass is 79.9. The summed E-state index contributed by atoms with van der Waals surface area (Å²) >= 11 is 15.2. The van der Waals surface area contributed by atoms with Gasteiger partial charge in [0.05, 0.1) is 0 Å². The normalized spacial score (nSPS) is 10.3. The summed E-state index contributed by atoms with van der Waals surface area (Å²) < 4.78 is 0.995. The van der Waals surface area contributed by atoms with E-state index in [9.17, 15) is 0 Å². The van der Waals surface area contributed by atoms with Gasteiger partial charge in [0, 0.05) is 14.5 Å². The summed E-state index contributed by atoms with van der Waals surface area (Å²) in [6.07, 6.45) is 0. The van der Waals surface area contributed by atoms with Crippen molar-refractivity contribution in [3.63, 3.8) is 0 Å². The number of halogens is 3. The molecule has 0 nitrogen and oxygen atoms in total. The van der Waals surface area contributed by atoms with Gasteiger partial charge in [-0.1, -0.05) is 39.1 Å².